The van der Waals surface area contributed by atoms with Crippen molar-refractivity contribution in [2.75, 3.05) is 13.1 Å². The summed E-state index contributed by atoms with van der Waals surface area (Å²) in [7, 11) is 0. The quantitative estimate of drug-likeness (QED) is 0.808. The Kier molecular flexibility index (Phi) is 5.64. The van der Waals surface area contributed by atoms with Crippen LogP contribution in [0.1, 0.15) is 31.1 Å². The molecule has 1 fully saturated rings. The van der Waals surface area contributed by atoms with Crippen LogP contribution in [-0.2, 0) is 14.3 Å². The first kappa shape index (κ1) is 17.7. The van der Waals surface area contributed by atoms with E-state index in [4.69, 9.17) is 9.47 Å². The first-order valence-electron chi connectivity index (χ1n) is 7.41. The van der Waals surface area contributed by atoms with E-state index in [1.54, 1.807) is 11.0 Å². The standard InChI is InChI=1S/C16H20BrNO5/c1-9-7-18(8-10(2)22-9)15(20)11(3)23-16(21)13-6-12(17)4-5-14(13)19/h4-6,9-11,19H,7-8H2,1-3H3. The largest absolute Gasteiger partial charge is 0.507 e. The average molecular weight is 386 g/mol. The maximum atomic E-state index is 12.4. The molecule has 0 bridgehead atoms. The average Bonchev–Trinajstić information content (AvgIpc) is 2.47. The number of esters is 1. The van der Waals surface area contributed by atoms with E-state index >= 15 is 0 Å². The van der Waals surface area contributed by atoms with Crippen molar-refractivity contribution in [3.05, 3.63) is 28.2 Å². The predicted molar refractivity (Wildman–Crippen MR) is 87.3 cm³/mol. The highest BCUT2D eigenvalue weighted by Gasteiger charge is 2.30. The van der Waals surface area contributed by atoms with Gasteiger partial charge in [-0.05, 0) is 39.0 Å². The lowest BCUT2D eigenvalue weighted by Gasteiger charge is -2.36. The lowest BCUT2D eigenvalue weighted by molar-refractivity contribution is -0.151. The van der Waals surface area contributed by atoms with Crippen LogP contribution in [0.15, 0.2) is 22.7 Å². The number of amides is 1. The first-order valence-corrected chi connectivity index (χ1v) is 8.21. The first-order chi connectivity index (χ1) is 10.8. The van der Waals surface area contributed by atoms with Gasteiger partial charge in [0.2, 0.25) is 0 Å². The summed E-state index contributed by atoms with van der Waals surface area (Å²) in [5.41, 5.74) is 0.0164. The molecule has 6 nitrogen and oxygen atoms in total. The Hall–Kier alpha value is -1.60. The number of benzene rings is 1. The van der Waals surface area contributed by atoms with E-state index in [-0.39, 0.29) is 29.4 Å². The van der Waals surface area contributed by atoms with Crippen molar-refractivity contribution in [1.82, 2.24) is 4.90 Å². The molecule has 126 valence electrons. The molecule has 23 heavy (non-hydrogen) atoms. The third-order valence-electron chi connectivity index (χ3n) is 3.54. The van der Waals surface area contributed by atoms with Gasteiger partial charge in [-0.25, -0.2) is 4.79 Å². The zero-order valence-electron chi connectivity index (χ0n) is 13.3. The van der Waals surface area contributed by atoms with Crippen LogP contribution in [0.2, 0.25) is 0 Å². The van der Waals surface area contributed by atoms with Gasteiger partial charge in [0.1, 0.15) is 11.3 Å². The van der Waals surface area contributed by atoms with Gasteiger partial charge in [-0.1, -0.05) is 15.9 Å². The Labute approximate surface area is 143 Å². The molecule has 0 spiro atoms. The number of phenols is 1. The van der Waals surface area contributed by atoms with Gasteiger partial charge in [0.05, 0.1) is 12.2 Å². The number of hydrogen-bond donors (Lipinski definition) is 1. The zero-order chi connectivity index (χ0) is 17.1. The van der Waals surface area contributed by atoms with Crippen molar-refractivity contribution in [3.63, 3.8) is 0 Å². The lowest BCUT2D eigenvalue weighted by Crippen LogP contribution is -2.51. The summed E-state index contributed by atoms with van der Waals surface area (Å²) in [5, 5.41) is 9.74. The smallest absolute Gasteiger partial charge is 0.342 e. The molecule has 1 amide bonds. The Morgan fingerprint density at radius 2 is 1.96 bits per heavy atom. The van der Waals surface area contributed by atoms with Crippen molar-refractivity contribution in [2.45, 2.75) is 39.1 Å². The number of aromatic hydroxyl groups is 1. The summed E-state index contributed by atoms with van der Waals surface area (Å²) >= 11 is 3.23. The highest BCUT2D eigenvalue weighted by molar-refractivity contribution is 9.10. The summed E-state index contributed by atoms with van der Waals surface area (Å²) in [6.07, 6.45) is -1.04. The summed E-state index contributed by atoms with van der Waals surface area (Å²) in [6, 6.07) is 4.45. The molecule has 1 aromatic carbocycles. The topological polar surface area (TPSA) is 76.1 Å². The number of phenolic OH excluding ortho intramolecular Hbond substituents is 1. The molecule has 1 aromatic rings. The minimum atomic E-state index is -0.932. The molecular formula is C16H20BrNO5. The van der Waals surface area contributed by atoms with Gasteiger partial charge in [-0.15, -0.1) is 0 Å². The molecule has 2 rings (SSSR count). The predicted octanol–water partition coefficient (Wildman–Crippen LogP) is 2.34. The highest BCUT2D eigenvalue weighted by atomic mass is 79.9. The Balaban J connectivity index is 2.03. The van der Waals surface area contributed by atoms with E-state index in [0.717, 1.165) is 0 Å². The molecule has 1 aliphatic rings. The van der Waals surface area contributed by atoms with Crippen LogP contribution >= 0.6 is 15.9 Å². The molecule has 1 saturated heterocycles. The molecule has 0 aliphatic carbocycles. The number of morpholine rings is 1. The van der Waals surface area contributed by atoms with E-state index in [1.165, 1.54) is 19.1 Å². The second-order valence-electron chi connectivity index (χ2n) is 5.71. The van der Waals surface area contributed by atoms with Crippen molar-refractivity contribution < 1.29 is 24.2 Å². The number of ether oxygens (including phenoxy) is 2. The second kappa shape index (κ2) is 7.31. The summed E-state index contributed by atoms with van der Waals surface area (Å²) in [6.45, 7) is 6.25. The Morgan fingerprint density at radius 3 is 2.57 bits per heavy atom. The van der Waals surface area contributed by atoms with Crippen molar-refractivity contribution in [2.24, 2.45) is 0 Å². The molecular weight excluding hydrogens is 366 g/mol. The summed E-state index contributed by atoms with van der Waals surface area (Å²) in [4.78, 5) is 26.2. The Morgan fingerprint density at radius 1 is 1.35 bits per heavy atom. The molecule has 1 heterocycles. The normalized spacial score (nSPS) is 22.5. The number of carbonyl (C=O) groups is 2. The van der Waals surface area contributed by atoms with Crippen LogP contribution in [0, 0.1) is 0 Å². The molecule has 7 heteroatoms. The minimum Gasteiger partial charge on any atom is -0.507 e. The molecule has 1 N–H and O–H groups in total. The number of hydrogen-bond acceptors (Lipinski definition) is 5. The van der Waals surface area contributed by atoms with Crippen molar-refractivity contribution in [3.8, 4) is 5.75 Å². The van der Waals surface area contributed by atoms with Gasteiger partial charge < -0.3 is 19.5 Å². The molecule has 3 unspecified atom stereocenters. The number of rotatable bonds is 3. The van der Waals surface area contributed by atoms with Gasteiger partial charge in [0.15, 0.2) is 6.10 Å². The van der Waals surface area contributed by atoms with Gasteiger partial charge in [-0.3, -0.25) is 4.79 Å². The van der Waals surface area contributed by atoms with E-state index in [2.05, 4.69) is 15.9 Å². The molecule has 3 atom stereocenters. The second-order valence-corrected chi connectivity index (χ2v) is 6.63. The monoisotopic (exact) mass is 385 g/mol. The maximum absolute atomic E-state index is 12.4. The molecule has 0 saturated carbocycles. The maximum Gasteiger partial charge on any atom is 0.342 e. The molecule has 0 radical (unpaired) electrons. The van der Waals surface area contributed by atoms with Gasteiger partial charge in [0.25, 0.3) is 5.91 Å². The SMILES string of the molecule is CC1CN(C(=O)C(C)OC(=O)c2cc(Br)ccc2O)CC(C)O1. The van der Waals surface area contributed by atoms with Crippen LogP contribution in [-0.4, -0.2) is 53.3 Å². The van der Waals surface area contributed by atoms with Crippen molar-refractivity contribution >= 4 is 27.8 Å². The number of halogens is 1. The van der Waals surface area contributed by atoms with Crippen LogP contribution in [0.3, 0.4) is 0 Å². The highest BCUT2D eigenvalue weighted by Crippen LogP contribution is 2.23. The van der Waals surface area contributed by atoms with E-state index < -0.39 is 12.1 Å². The Bertz CT molecular complexity index is 596. The van der Waals surface area contributed by atoms with Gasteiger partial charge in [-0.2, -0.15) is 0 Å². The third-order valence-corrected chi connectivity index (χ3v) is 4.03. The van der Waals surface area contributed by atoms with E-state index in [0.29, 0.717) is 17.6 Å². The van der Waals surface area contributed by atoms with Crippen LogP contribution in [0.25, 0.3) is 0 Å². The lowest BCUT2D eigenvalue weighted by atomic mass is 10.2. The molecule has 1 aliphatic heterocycles. The van der Waals surface area contributed by atoms with Crippen LogP contribution < -0.4 is 0 Å². The summed E-state index contributed by atoms with van der Waals surface area (Å²) in [5.74, 6) is -1.19. The molecule has 0 aromatic heterocycles. The fourth-order valence-corrected chi connectivity index (χ4v) is 2.92. The van der Waals surface area contributed by atoms with Gasteiger partial charge in [0, 0.05) is 17.6 Å². The van der Waals surface area contributed by atoms with Crippen molar-refractivity contribution in [1.29, 1.82) is 0 Å². The van der Waals surface area contributed by atoms with Crippen LogP contribution in [0.4, 0.5) is 0 Å². The fraction of sp³-hybridized carbons (Fsp3) is 0.500. The van der Waals surface area contributed by atoms with Gasteiger partial charge >= 0.3 is 5.97 Å². The number of nitrogens with zero attached hydrogens (tertiary/aromatic N) is 1. The van der Waals surface area contributed by atoms with E-state index in [9.17, 15) is 14.7 Å². The summed E-state index contributed by atoms with van der Waals surface area (Å²) < 4.78 is 11.4. The minimum absolute atomic E-state index is 0.0164. The zero-order valence-corrected chi connectivity index (χ0v) is 14.9. The van der Waals surface area contributed by atoms with E-state index in [1.807, 2.05) is 13.8 Å². The fourth-order valence-electron chi connectivity index (χ4n) is 2.56. The van der Waals surface area contributed by atoms with Crippen LogP contribution in [0.5, 0.6) is 5.75 Å². The third kappa shape index (κ3) is 4.45. The number of carbonyl (C=O) groups excluding carboxylic acids is 2.